The van der Waals surface area contributed by atoms with Gasteiger partial charge in [0.15, 0.2) is 0 Å². The highest BCUT2D eigenvalue weighted by Gasteiger charge is 1.94. The summed E-state index contributed by atoms with van der Waals surface area (Å²) in [4.78, 5) is 0. The summed E-state index contributed by atoms with van der Waals surface area (Å²) >= 11 is 0. The van der Waals surface area contributed by atoms with Crippen molar-refractivity contribution in [3.63, 3.8) is 0 Å². The van der Waals surface area contributed by atoms with E-state index in [1.54, 1.807) is 0 Å². The van der Waals surface area contributed by atoms with E-state index in [1.165, 1.54) is 11.1 Å². The van der Waals surface area contributed by atoms with Gasteiger partial charge in [-0.3, -0.25) is 0 Å². The van der Waals surface area contributed by atoms with E-state index in [4.69, 9.17) is 5.73 Å². The molecule has 0 unspecified atom stereocenters. The smallest absolute Gasteiger partial charge is 0.0400 e. The Morgan fingerprint density at radius 1 is 0.882 bits per heavy atom. The van der Waals surface area contributed by atoms with Crippen LogP contribution in [0.25, 0.3) is 0 Å². The van der Waals surface area contributed by atoms with Crippen molar-refractivity contribution in [2.24, 2.45) is 5.73 Å². The van der Waals surface area contributed by atoms with Gasteiger partial charge in [0.2, 0.25) is 0 Å². The second-order valence-corrected chi connectivity index (χ2v) is 4.24. The molecule has 0 aliphatic heterocycles. The van der Waals surface area contributed by atoms with E-state index in [1.807, 2.05) is 0 Å². The molecule has 0 saturated carbocycles. The average molecular weight is 226 g/mol. The number of hydrogen-bond donors (Lipinski definition) is 2. The predicted molar refractivity (Wildman–Crippen MR) is 72.8 cm³/mol. The summed E-state index contributed by atoms with van der Waals surface area (Å²) in [5.41, 5.74) is 10.4. The van der Waals surface area contributed by atoms with E-state index in [9.17, 15) is 0 Å². The summed E-state index contributed by atoms with van der Waals surface area (Å²) in [6.45, 7) is 3.54. The molecule has 2 aromatic carbocycles. The molecule has 2 nitrogen and oxygen atoms in total. The Morgan fingerprint density at radius 3 is 2.06 bits per heavy atom. The van der Waals surface area contributed by atoms with Crippen LogP contribution < -0.4 is 11.1 Å². The van der Waals surface area contributed by atoms with Gasteiger partial charge in [-0.1, -0.05) is 42.0 Å². The van der Waals surface area contributed by atoms with Crippen molar-refractivity contribution >= 4 is 5.69 Å². The van der Waals surface area contributed by atoms with Crippen LogP contribution in [0, 0.1) is 6.92 Å². The Balaban J connectivity index is 1.95. The third-order valence-electron chi connectivity index (χ3n) is 2.81. The Labute approximate surface area is 102 Å². The molecular weight excluding hydrogens is 208 g/mol. The van der Waals surface area contributed by atoms with Crippen LogP contribution in [0.2, 0.25) is 0 Å². The first-order chi connectivity index (χ1) is 8.28. The maximum atomic E-state index is 5.56. The minimum absolute atomic E-state index is 0.595. The quantitative estimate of drug-likeness (QED) is 0.840. The minimum Gasteiger partial charge on any atom is -0.381 e. The molecule has 2 aromatic rings. The van der Waals surface area contributed by atoms with Gasteiger partial charge in [-0.2, -0.15) is 0 Å². The molecular formula is C15H18N2. The lowest BCUT2D eigenvalue weighted by molar-refractivity contribution is 1.07. The van der Waals surface area contributed by atoms with Gasteiger partial charge >= 0.3 is 0 Å². The fourth-order valence-corrected chi connectivity index (χ4v) is 1.67. The van der Waals surface area contributed by atoms with Gasteiger partial charge in [0.1, 0.15) is 0 Å². The van der Waals surface area contributed by atoms with Crippen molar-refractivity contribution in [1.29, 1.82) is 0 Å². The molecule has 3 N–H and O–H groups in total. The minimum atomic E-state index is 0.595. The lowest BCUT2D eigenvalue weighted by Gasteiger charge is -2.07. The van der Waals surface area contributed by atoms with Crippen LogP contribution in [0.4, 0.5) is 5.69 Å². The summed E-state index contributed by atoms with van der Waals surface area (Å²) in [5, 5.41) is 3.39. The molecule has 88 valence electrons. The first-order valence-corrected chi connectivity index (χ1v) is 5.86. The fourth-order valence-electron chi connectivity index (χ4n) is 1.67. The third-order valence-corrected chi connectivity index (χ3v) is 2.81. The Kier molecular flexibility index (Phi) is 3.78. The van der Waals surface area contributed by atoms with Crippen molar-refractivity contribution < 1.29 is 0 Å². The van der Waals surface area contributed by atoms with Crippen molar-refractivity contribution in [1.82, 2.24) is 0 Å². The number of anilines is 1. The highest BCUT2D eigenvalue weighted by Crippen LogP contribution is 2.11. The SMILES string of the molecule is Cc1ccc(CNc2ccc(CN)cc2)cc1. The van der Waals surface area contributed by atoms with Gasteiger partial charge in [0, 0.05) is 18.8 Å². The third kappa shape index (κ3) is 3.33. The second kappa shape index (κ2) is 5.51. The highest BCUT2D eigenvalue weighted by atomic mass is 14.9. The number of rotatable bonds is 4. The highest BCUT2D eigenvalue weighted by molar-refractivity contribution is 5.45. The van der Waals surface area contributed by atoms with Crippen LogP contribution in [0.3, 0.4) is 0 Å². The molecule has 2 rings (SSSR count). The molecule has 0 bridgehead atoms. The number of hydrogen-bond acceptors (Lipinski definition) is 2. The standard InChI is InChI=1S/C15H18N2/c1-12-2-4-14(5-3-12)11-17-15-8-6-13(10-16)7-9-15/h2-9,17H,10-11,16H2,1H3. The van der Waals surface area contributed by atoms with Crippen LogP contribution in [0.1, 0.15) is 16.7 Å². The molecule has 0 aliphatic rings. The lowest BCUT2D eigenvalue weighted by atomic mass is 10.1. The van der Waals surface area contributed by atoms with Crippen LogP contribution in [-0.4, -0.2) is 0 Å². The second-order valence-electron chi connectivity index (χ2n) is 4.24. The Hall–Kier alpha value is -1.80. The average Bonchev–Trinajstić information content (AvgIpc) is 2.39. The summed E-state index contributed by atoms with van der Waals surface area (Å²) in [5.74, 6) is 0. The number of nitrogens with two attached hydrogens (primary N) is 1. The van der Waals surface area contributed by atoms with Gasteiger partial charge in [-0.25, -0.2) is 0 Å². The summed E-state index contributed by atoms with van der Waals surface area (Å²) in [7, 11) is 0. The normalized spacial score (nSPS) is 10.2. The monoisotopic (exact) mass is 226 g/mol. The molecule has 2 heteroatoms. The molecule has 0 aliphatic carbocycles. The molecule has 0 radical (unpaired) electrons. The van der Waals surface area contributed by atoms with Gasteiger partial charge < -0.3 is 11.1 Å². The predicted octanol–water partition coefficient (Wildman–Crippen LogP) is 3.07. The van der Waals surface area contributed by atoms with E-state index < -0.39 is 0 Å². The number of nitrogens with one attached hydrogen (secondary N) is 1. The lowest BCUT2D eigenvalue weighted by Crippen LogP contribution is -2.00. The number of aryl methyl sites for hydroxylation is 1. The molecule has 0 fully saturated rings. The topological polar surface area (TPSA) is 38.0 Å². The van der Waals surface area contributed by atoms with E-state index in [2.05, 4.69) is 60.8 Å². The van der Waals surface area contributed by atoms with Crippen molar-refractivity contribution in [2.45, 2.75) is 20.0 Å². The van der Waals surface area contributed by atoms with Gasteiger partial charge in [0.05, 0.1) is 0 Å². The first-order valence-electron chi connectivity index (χ1n) is 5.86. The summed E-state index contributed by atoms with van der Waals surface area (Å²) in [6.07, 6.45) is 0. The molecule has 0 saturated heterocycles. The van der Waals surface area contributed by atoms with Crippen LogP contribution in [0.15, 0.2) is 48.5 Å². The zero-order valence-electron chi connectivity index (χ0n) is 10.1. The van der Waals surface area contributed by atoms with E-state index >= 15 is 0 Å². The van der Waals surface area contributed by atoms with E-state index in [0.717, 1.165) is 17.8 Å². The van der Waals surface area contributed by atoms with E-state index in [-0.39, 0.29) is 0 Å². The maximum Gasteiger partial charge on any atom is 0.0400 e. The molecule has 0 aromatic heterocycles. The largest absolute Gasteiger partial charge is 0.381 e. The summed E-state index contributed by atoms with van der Waals surface area (Å²) in [6, 6.07) is 16.8. The maximum absolute atomic E-state index is 5.56. The fraction of sp³-hybridized carbons (Fsp3) is 0.200. The Morgan fingerprint density at radius 2 is 1.47 bits per heavy atom. The molecule has 17 heavy (non-hydrogen) atoms. The van der Waals surface area contributed by atoms with Gasteiger partial charge in [-0.15, -0.1) is 0 Å². The first kappa shape index (κ1) is 11.7. The Bertz CT molecular complexity index is 457. The van der Waals surface area contributed by atoms with Crippen molar-refractivity contribution in [2.75, 3.05) is 5.32 Å². The zero-order chi connectivity index (χ0) is 12.1. The number of benzene rings is 2. The van der Waals surface area contributed by atoms with Crippen LogP contribution >= 0.6 is 0 Å². The van der Waals surface area contributed by atoms with E-state index in [0.29, 0.717) is 6.54 Å². The van der Waals surface area contributed by atoms with Crippen LogP contribution in [0.5, 0.6) is 0 Å². The van der Waals surface area contributed by atoms with Crippen molar-refractivity contribution in [3.8, 4) is 0 Å². The van der Waals surface area contributed by atoms with Crippen molar-refractivity contribution in [3.05, 3.63) is 65.2 Å². The zero-order valence-corrected chi connectivity index (χ0v) is 10.1. The van der Waals surface area contributed by atoms with Gasteiger partial charge in [0.25, 0.3) is 0 Å². The van der Waals surface area contributed by atoms with Gasteiger partial charge in [-0.05, 0) is 30.2 Å². The summed E-state index contributed by atoms with van der Waals surface area (Å²) < 4.78 is 0. The molecule has 0 atom stereocenters. The molecule has 0 amide bonds. The molecule has 0 spiro atoms. The molecule has 0 heterocycles. The van der Waals surface area contributed by atoms with Crippen LogP contribution in [-0.2, 0) is 13.1 Å².